The maximum atomic E-state index is 10.2. The van der Waals surface area contributed by atoms with E-state index in [0.29, 0.717) is 0 Å². The summed E-state index contributed by atoms with van der Waals surface area (Å²) in [5.41, 5.74) is 1.20. The minimum Gasteiger partial charge on any atom is -0.391 e. The lowest BCUT2D eigenvalue weighted by atomic mass is 10.0. The monoisotopic (exact) mass is 291 g/mol. The van der Waals surface area contributed by atoms with Crippen molar-refractivity contribution < 1.29 is 5.11 Å². The maximum Gasteiger partial charge on any atom is 0.0711 e. The first-order chi connectivity index (χ1) is 9.61. The summed E-state index contributed by atoms with van der Waals surface area (Å²) in [4.78, 5) is 5.14. The number of aryl methyl sites for hydroxylation is 2. The second-order valence-electron chi connectivity index (χ2n) is 5.63. The normalized spacial score (nSPS) is 23.6. The molecular weight excluding hydrogens is 270 g/mol. The van der Waals surface area contributed by atoms with Crippen molar-refractivity contribution in [3.8, 4) is 0 Å². The molecule has 20 heavy (non-hydrogen) atoms. The highest BCUT2D eigenvalue weighted by atomic mass is 32.1. The predicted molar refractivity (Wildman–Crippen MR) is 80.8 cm³/mol. The first-order valence-electron chi connectivity index (χ1n) is 7.07. The minimum atomic E-state index is -0.226. The van der Waals surface area contributed by atoms with E-state index in [9.17, 15) is 5.11 Å². The van der Waals surface area contributed by atoms with Crippen molar-refractivity contribution >= 4 is 11.3 Å². The van der Waals surface area contributed by atoms with Gasteiger partial charge in [-0.25, -0.2) is 0 Å². The predicted octanol–water partition coefficient (Wildman–Crippen LogP) is 1.97. The lowest BCUT2D eigenvalue weighted by molar-refractivity contribution is 0.113. The number of aromatic nitrogens is 2. The zero-order chi connectivity index (χ0) is 14.1. The molecule has 0 aliphatic carbocycles. The van der Waals surface area contributed by atoms with Crippen LogP contribution >= 0.6 is 11.3 Å². The van der Waals surface area contributed by atoms with Gasteiger partial charge < -0.3 is 5.11 Å². The van der Waals surface area contributed by atoms with Crippen LogP contribution in [0.25, 0.3) is 0 Å². The molecule has 0 aromatic carbocycles. The zero-order valence-corrected chi connectivity index (χ0v) is 12.8. The Bertz CT molecular complexity index is 577. The Hall–Kier alpha value is -1.17. The Morgan fingerprint density at radius 2 is 2.30 bits per heavy atom. The van der Waals surface area contributed by atoms with Gasteiger partial charge in [0.15, 0.2) is 0 Å². The molecule has 0 bridgehead atoms. The van der Waals surface area contributed by atoms with Gasteiger partial charge in [-0.2, -0.15) is 5.10 Å². The molecule has 1 aliphatic rings. The average molecular weight is 291 g/mol. The zero-order valence-electron chi connectivity index (χ0n) is 12.0. The molecule has 0 saturated carbocycles. The molecule has 3 rings (SSSR count). The summed E-state index contributed by atoms with van der Waals surface area (Å²) in [6.45, 7) is 4.06. The standard InChI is InChI=1S/C15H21N3OS/c1-11-3-4-13(20-11)10-18-6-5-15(19)14(18)7-12-8-16-17(2)9-12/h3-4,8-9,14-15,19H,5-7,10H2,1-2H3/t14-,15+/m0/s1. The number of rotatable bonds is 4. The first kappa shape index (κ1) is 13.8. The van der Waals surface area contributed by atoms with Gasteiger partial charge in [-0.05, 0) is 37.5 Å². The Morgan fingerprint density at radius 3 is 2.95 bits per heavy atom. The third-order valence-electron chi connectivity index (χ3n) is 3.98. The van der Waals surface area contributed by atoms with E-state index < -0.39 is 0 Å². The second kappa shape index (κ2) is 5.68. The molecule has 2 aromatic heterocycles. The molecule has 1 saturated heterocycles. The van der Waals surface area contributed by atoms with Crippen molar-refractivity contribution in [3.05, 3.63) is 39.8 Å². The van der Waals surface area contributed by atoms with Gasteiger partial charge in [-0.1, -0.05) is 0 Å². The molecule has 3 heterocycles. The Labute approximate surface area is 123 Å². The van der Waals surface area contributed by atoms with Gasteiger partial charge in [0, 0.05) is 42.1 Å². The molecule has 1 aliphatic heterocycles. The molecule has 1 N–H and O–H groups in total. The maximum absolute atomic E-state index is 10.2. The molecule has 2 atom stereocenters. The van der Waals surface area contributed by atoms with Crippen LogP contribution in [0, 0.1) is 6.92 Å². The average Bonchev–Trinajstić information content (AvgIpc) is 3.08. The lowest BCUT2D eigenvalue weighted by Crippen LogP contribution is -2.36. The molecule has 0 unspecified atom stereocenters. The SMILES string of the molecule is Cc1ccc(CN2CC[C@@H](O)[C@@H]2Cc2cnn(C)c2)s1. The van der Waals surface area contributed by atoms with Crippen LogP contribution in [0.3, 0.4) is 0 Å². The summed E-state index contributed by atoms with van der Waals surface area (Å²) in [6.07, 6.45) is 5.46. The van der Waals surface area contributed by atoms with Gasteiger partial charge in [-0.15, -0.1) is 11.3 Å². The van der Waals surface area contributed by atoms with E-state index in [0.717, 1.165) is 25.9 Å². The number of hydrogen-bond acceptors (Lipinski definition) is 4. The van der Waals surface area contributed by atoms with Gasteiger partial charge in [0.1, 0.15) is 0 Å². The number of aliphatic hydroxyl groups is 1. The quantitative estimate of drug-likeness (QED) is 0.936. The van der Waals surface area contributed by atoms with Crippen LogP contribution in [0.5, 0.6) is 0 Å². The number of thiophene rings is 1. The van der Waals surface area contributed by atoms with Crippen molar-refractivity contribution in [3.63, 3.8) is 0 Å². The van der Waals surface area contributed by atoms with Crippen molar-refractivity contribution in [2.75, 3.05) is 6.54 Å². The molecule has 0 spiro atoms. The second-order valence-corrected chi connectivity index (χ2v) is 7.01. The smallest absolute Gasteiger partial charge is 0.0711 e. The molecule has 0 amide bonds. The van der Waals surface area contributed by atoms with Gasteiger partial charge in [0.25, 0.3) is 0 Å². The molecule has 1 fully saturated rings. The topological polar surface area (TPSA) is 41.3 Å². The highest BCUT2D eigenvalue weighted by Crippen LogP contribution is 2.26. The number of likely N-dealkylation sites (tertiary alicyclic amines) is 1. The van der Waals surface area contributed by atoms with E-state index in [4.69, 9.17) is 0 Å². The number of nitrogens with zero attached hydrogens (tertiary/aromatic N) is 3. The first-order valence-corrected chi connectivity index (χ1v) is 7.88. The Morgan fingerprint density at radius 1 is 1.45 bits per heavy atom. The van der Waals surface area contributed by atoms with Crippen LogP contribution in [0.15, 0.2) is 24.5 Å². The molecule has 108 valence electrons. The summed E-state index contributed by atoms with van der Waals surface area (Å²) in [7, 11) is 1.93. The van der Waals surface area contributed by atoms with Crippen LogP contribution in [0.4, 0.5) is 0 Å². The van der Waals surface area contributed by atoms with E-state index in [-0.39, 0.29) is 12.1 Å². The Kier molecular flexibility index (Phi) is 3.92. The van der Waals surface area contributed by atoms with Crippen LogP contribution in [0.2, 0.25) is 0 Å². The van der Waals surface area contributed by atoms with Crippen molar-refractivity contribution in [2.45, 2.75) is 38.5 Å². The van der Waals surface area contributed by atoms with Crippen molar-refractivity contribution in [1.82, 2.24) is 14.7 Å². The van der Waals surface area contributed by atoms with Crippen LogP contribution in [0.1, 0.15) is 21.7 Å². The fourth-order valence-electron chi connectivity index (χ4n) is 2.95. The van der Waals surface area contributed by atoms with Gasteiger partial charge in [0.05, 0.1) is 12.3 Å². The van der Waals surface area contributed by atoms with Crippen molar-refractivity contribution in [2.24, 2.45) is 7.05 Å². The molecule has 2 aromatic rings. The number of hydrogen-bond donors (Lipinski definition) is 1. The van der Waals surface area contributed by atoms with Crippen LogP contribution in [-0.4, -0.2) is 38.5 Å². The summed E-state index contributed by atoms with van der Waals surface area (Å²) >= 11 is 1.85. The van der Waals surface area contributed by atoms with Gasteiger partial charge in [0.2, 0.25) is 0 Å². The third kappa shape index (κ3) is 2.95. The fourth-order valence-corrected chi connectivity index (χ4v) is 3.87. The molecule has 4 nitrogen and oxygen atoms in total. The molecule has 0 radical (unpaired) electrons. The molecule has 5 heteroatoms. The van der Waals surface area contributed by atoms with E-state index in [1.807, 2.05) is 35.5 Å². The van der Waals surface area contributed by atoms with Crippen molar-refractivity contribution in [1.29, 1.82) is 0 Å². The highest BCUT2D eigenvalue weighted by molar-refractivity contribution is 7.11. The third-order valence-corrected chi connectivity index (χ3v) is 4.97. The summed E-state index contributed by atoms with van der Waals surface area (Å²) in [5.74, 6) is 0. The molecular formula is C15H21N3OS. The largest absolute Gasteiger partial charge is 0.391 e. The summed E-state index contributed by atoms with van der Waals surface area (Å²) < 4.78 is 1.82. The minimum absolute atomic E-state index is 0.210. The highest BCUT2D eigenvalue weighted by Gasteiger charge is 2.33. The van der Waals surface area contributed by atoms with Gasteiger partial charge >= 0.3 is 0 Å². The van der Waals surface area contributed by atoms with E-state index in [1.165, 1.54) is 15.3 Å². The summed E-state index contributed by atoms with van der Waals surface area (Å²) in [6, 6.07) is 4.58. The van der Waals surface area contributed by atoms with E-state index in [1.54, 1.807) is 0 Å². The van der Waals surface area contributed by atoms with E-state index >= 15 is 0 Å². The van der Waals surface area contributed by atoms with Crippen LogP contribution in [-0.2, 0) is 20.0 Å². The fraction of sp³-hybridized carbons (Fsp3) is 0.533. The van der Waals surface area contributed by atoms with E-state index in [2.05, 4.69) is 29.1 Å². The Balaban J connectivity index is 1.69. The number of aliphatic hydroxyl groups excluding tert-OH is 1. The summed E-state index contributed by atoms with van der Waals surface area (Å²) in [5, 5.41) is 14.5. The van der Waals surface area contributed by atoms with Crippen LogP contribution < -0.4 is 0 Å². The van der Waals surface area contributed by atoms with Gasteiger partial charge in [-0.3, -0.25) is 9.58 Å². The lowest BCUT2D eigenvalue weighted by Gasteiger charge is -2.25.